The molecule has 31 heavy (non-hydrogen) atoms. The highest BCUT2D eigenvalue weighted by atomic mass is 35.5. The first-order chi connectivity index (χ1) is 14.6. The number of rotatable bonds is 7. The molecule has 1 aromatic rings. The maximum absolute atomic E-state index is 14.7. The molecule has 0 atom stereocenters. The predicted octanol–water partition coefficient (Wildman–Crippen LogP) is 3.79. The Morgan fingerprint density at radius 1 is 1.29 bits per heavy atom. The van der Waals surface area contributed by atoms with Gasteiger partial charge in [-0.25, -0.2) is 18.8 Å². The summed E-state index contributed by atoms with van der Waals surface area (Å²) in [6.45, 7) is 6.80. The third-order valence-corrected chi connectivity index (χ3v) is 5.22. The number of amides is 2. The molecule has 0 aromatic heterocycles. The first-order valence-corrected chi connectivity index (χ1v) is 9.93. The van der Waals surface area contributed by atoms with Crippen molar-refractivity contribution in [3.8, 4) is 5.75 Å². The molecule has 1 aromatic carbocycles. The second-order valence-corrected chi connectivity index (χ2v) is 7.57. The molecule has 1 heterocycles. The lowest BCUT2D eigenvalue weighted by Gasteiger charge is -2.34. The van der Waals surface area contributed by atoms with Crippen LogP contribution in [-0.2, 0) is 19.1 Å². The number of nitrogens with zero attached hydrogens (tertiary/aromatic N) is 2. The van der Waals surface area contributed by atoms with E-state index < -0.39 is 36.0 Å². The minimum absolute atomic E-state index is 0.00169. The Bertz CT molecular complexity index is 988. The molecule has 166 valence electrons. The molecule has 10 heteroatoms. The Morgan fingerprint density at radius 3 is 2.58 bits per heavy atom. The molecule has 0 N–H and O–H groups in total. The highest BCUT2D eigenvalue weighted by molar-refractivity contribution is 6.32. The van der Waals surface area contributed by atoms with Crippen molar-refractivity contribution in [3.63, 3.8) is 0 Å². The quantitative estimate of drug-likeness (QED) is 0.585. The Morgan fingerprint density at radius 2 is 1.97 bits per heavy atom. The van der Waals surface area contributed by atoms with Crippen molar-refractivity contribution in [2.24, 2.45) is 0 Å². The smallest absolute Gasteiger partial charge is 0.351 e. The number of ether oxygens (including phenoxy) is 3. The summed E-state index contributed by atoms with van der Waals surface area (Å²) < 4.78 is 30.2. The summed E-state index contributed by atoms with van der Waals surface area (Å²) in [6, 6.07) is 1.73. The van der Waals surface area contributed by atoms with Crippen molar-refractivity contribution < 1.29 is 33.0 Å². The molecule has 2 amide bonds. The van der Waals surface area contributed by atoms with Crippen molar-refractivity contribution in [2.45, 2.75) is 32.3 Å². The van der Waals surface area contributed by atoms with Gasteiger partial charge in [-0.1, -0.05) is 18.2 Å². The zero-order valence-electron chi connectivity index (χ0n) is 17.4. The maximum atomic E-state index is 14.7. The Kier molecular flexibility index (Phi) is 6.26. The van der Waals surface area contributed by atoms with Crippen molar-refractivity contribution in [2.75, 3.05) is 25.2 Å². The van der Waals surface area contributed by atoms with Crippen LogP contribution in [0.25, 0.3) is 0 Å². The zero-order valence-corrected chi connectivity index (χ0v) is 18.1. The Labute approximate surface area is 183 Å². The molecule has 3 rings (SSSR count). The minimum atomic E-state index is -1.33. The van der Waals surface area contributed by atoms with E-state index in [1.54, 1.807) is 27.0 Å². The SMILES string of the molecule is C=C1C=C(C)N(C)C(=O)N1c1cc(OC2(C(=O)OCC(=O)OCC)CC2)c(Cl)cc1F. The van der Waals surface area contributed by atoms with E-state index >= 15 is 0 Å². The average molecular weight is 453 g/mol. The van der Waals surface area contributed by atoms with Crippen molar-refractivity contribution in [3.05, 3.63) is 47.0 Å². The van der Waals surface area contributed by atoms with E-state index in [1.807, 2.05) is 0 Å². The second-order valence-electron chi connectivity index (χ2n) is 7.17. The van der Waals surface area contributed by atoms with Gasteiger partial charge in [0.15, 0.2) is 6.61 Å². The summed E-state index contributed by atoms with van der Waals surface area (Å²) in [5.74, 6) is -2.19. The first kappa shape index (κ1) is 22.6. The summed E-state index contributed by atoms with van der Waals surface area (Å²) in [6.07, 6.45) is 2.29. The first-order valence-electron chi connectivity index (χ1n) is 9.55. The normalized spacial score (nSPS) is 17.3. The van der Waals surface area contributed by atoms with E-state index in [4.69, 9.17) is 25.8 Å². The molecule has 0 spiro atoms. The van der Waals surface area contributed by atoms with Crippen LogP contribution in [-0.4, -0.2) is 48.7 Å². The molecule has 2 aliphatic rings. The molecule has 0 bridgehead atoms. The van der Waals surface area contributed by atoms with Crippen LogP contribution < -0.4 is 9.64 Å². The van der Waals surface area contributed by atoms with Gasteiger partial charge in [0.25, 0.3) is 0 Å². The second kappa shape index (κ2) is 8.58. The fourth-order valence-corrected chi connectivity index (χ4v) is 3.17. The van der Waals surface area contributed by atoms with E-state index in [0.717, 1.165) is 11.0 Å². The lowest BCUT2D eigenvalue weighted by Crippen LogP contribution is -2.43. The van der Waals surface area contributed by atoms with Crippen LogP contribution in [0.3, 0.4) is 0 Å². The molecule has 8 nitrogen and oxygen atoms in total. The van der Waals surface area contributed by atoms with E-state index in [9.17, 15) is 18.8 Å². The third-order valence-electron chi connectivity index (χ3n) is 4.92. The summed E-state index contributed by atoms with van der Waals surface area (Å²) in [5, 5.41) is -0.0825. The Balaban J connectivity index is 1.84. The van der Waals surface area contributed by atoms with Gasteiger partial charge < -0.3 is 19.1 Å². The number of halogens is 2. The summed E-state index contributed by atoms with van der Waals surface area (Å²) in [4.78, 5) is 39.0. The van der Waals surface area contributed by atoms with Crippen molar-refractivity contribution >= 4 is 35.3 Å². The molecular weight excluding hydrogens is 431 g/mol. The highest BCUT2D eigenvalue weighted by Gasteiger charge is 2.55. The lowest BCUT2D eigenvalue weighted by molar-refractivity contribution is -0.164. The van der Waals surface area contributed by atoms with Gasteiger partial charge in [0.1, 0.15) is 11.6 Å². The number of esters is 2. The molecule has 1 fully saturated rings. The standard InChI is InChI=1S/C21H22ClFN2O6/c1-5-29-18(26)11-30-19(27)21(6-7-21)31-17-10-16(15(23)9-14(17)22)25-13(3)8-12(2)24(4)20(25)28/h8-10H,3,5-7,11H2,1-2,4H3. The van der Waals surface area contributed by atoms with Crippen LogP contribution in [0.1, 0.15) is 26.7 Å². The summed E-state index contributed by atoms with van der Waals surface area (Å²) >= 11 is 6.13. The van der Waals surface area contributed by atoms with Crippen LogP contribution in [0.4, 0.5) is 14.9 Å². The zero-order chi connectivity index (χ0) is 22.9. The van der Waals surface area contributed by atoms with Gasteiger partial charge in [0.05, 0.1) is 17.3 Å². The summed E-state index contributed by atoms with van der Waals surface area (Å²) in [5.41, 5.74) is -0.539. The number of hydrogen-bond acceptors (Lipinski definition) is 6. The third kappa shape index (κ3) is 4.51. The van der Waals surface area contributed by atoms with Crippen LogP contribution >= 0.6 is 11.6 Å². The molecule has 1 saturated carbocycles. The lowest BCUT2D eigenvalue weighted by atomic mass is 10.2. The van der Waals surface area contributed by atoms with Gasteiger partial charge in [-0.3, -0.25) is 4.90 Å². The van der Waals surface area contributed by atoms with Crippen LogP contribution in [0.5, 0.6) is 5.75 Å². The van der Waals surface area contributed by atoms with E-state index in [0.29, 0.717) is 18.5 Å². The largest absolute Gasteiger partial charge is 0.474 e. The molecular formula is C21H22ClFN2O6. The highest BCUT2D eigenvalue weighted by Crippen LogP contribution is 2.45. The van der Waals surface area contributed by atoms with Crippen molar-refractivity contribution in [1.29, 1.82) is 0 Å². The predicted molar refractivity (Wildman–Crippen MR) is 110 cm³/mol. The number of allylic oxidation sites excluding steroid dienone is 2. The monoisotopic (exact) mass is 452 g/mol. The van der Waals surface area contributed by atoms with Crippen molar-refractivity contribution in [1.82, 2.24) is 4.90 Å². The van der Waals surface area contributed by atoms with Gasteiger partial charge >= 0.3 is 18.0 Å². The van der Waals surface area contributed by atoms with Crippen LogP contribution in [0.15, 0.2) is 36.2 Å². The van der Waals surface area contributed by atoms with E-state index in [-0.39, 0.29) is 28.8 Å². The van der Waals surface area contributed by atoms with Gasteiger partial charge in [-0.15, -0.1) is 0 Å². The summed E-state index contributed by atoms with van der Waals surface area (Å²) in [7, 11) is 1.55. The molecule has 0 saturated heterocycles. The minimum Gasteiger partial charge on any atom is -0.474 e. The van der Waals surface area contributed by atoms with Gasteiger partial charge in [0, 0.05) is 37.3 Å². The molecule has 1 aliphatic carbocycles. The fraction of sp³-hybridized carbons (Fsp3) is 0.381. The number of carbonyl (C=O) groups is 3. The van der Waals surface area contributed by atoms with E-state index in [1.165, 1.54) is 11.0 Å². The van der Waals surface area contributed by atoms with Gasteiger partial charge in [0.2, 0.25) is 5.60 Å². The number of carbonyl (C=O) groups excluding carboxylic acids is 3. The number of benzene rings is 1. The van der Waals surface area contributed by atoms with E-state index in [2.05, 4.69) is 6.58 Å². The van der Waals surface area contributed by atoms with Gasteiger partial charge in [-0.2, -0.15) is 0 Å². The molecule has 0 radical (unpaired) electrons. The molecule has 1 aliphatic heterocycles. The topological polar surface area (TPSA) is 85.4 Å². The maximum Gasteiger partial charge on any atom is 0.351 e. The average Bonchev–Trinajstić information content (AvgIpc) is 3.49. The number of anilines is 1. The number of urea groups is 1. The van der Waals surface area contributed by atoms with Crippen LogP contribution in [0, 0.1) is 5.82 Å². The van der Waals surface area contributed by atoms with Crippen LogP contribution in [0.2, 0.25) is 5.02 Å². The Hall–Kier alpha value is -3.07. The molecule has 0 unspecified atom stereocenters. The van der Waals surface area contributed by atoms with Gasteiger partial charge in [-0.05, 0) is 26.0 Å². The fourth-order valence-electron chi connectivity index (χ4n) is 2.98. The number of hydrogen-bond donors (Lipinski definition) is 0.